The van der Waals surface area contributed by atoms with Gasteiger partial charge in [0, 0.05) is 38.7 Å². The van der Waals surface area contributed by atoms with Crippen LogP contribution in [0.3, 0.4) is 0 Å². The first-order valence-electron chi connectivity index (χ1n) is 18.7. The average Bonchev–Trinajstić information content (AvgIpc) is 3.67. The van der Waals surface area contributed by atoms with Gasteiger partial charge in [0.05, 0.1) is 5.69 Å². The van der Waals surface area contributed by atoms with E-state index in [-0.39, 0.29) is 10.8 Å². The van der Waals surface area contributed by atoms with Crippen LogP contribution in [0.15, 0.2) is 162 Å². The van der Waals surface area contributed by atoms with Crippen LogP contribution in [0.1, 0.15) is 51.3 Å². The molecule has 0 atom stereocenters. The maximum atomic E-state index is 6.73. The lowest BCUT2D eigenvalue weighted by Crippen LogP contribution is -2.16. The van der Waals surface area contributed by atoms with Gasteiger partial charge in [-0.15, -0.1) is 0 Å². The van der Waals surface area contributed by atoms with Gasteiger partial charge in [0.25, 0.3) is 0 Å². The van der Waals surface area contributed by atoms with E-state index in [0.717, 1.165) is 50.1 Å². The highest BCUT2D eigenvalue weighted by atomic mass is 16.3. The maximum absolute atomic E-state index is 6.73. The molecule has 0 bridgehead atoms. The van der Waals surface area contributed by atoms with Crippen molar-refractivity contribution < 1.29 is 4.42 Å². The van der Waals surface area contributed by atoms with E-state index in [2.05, 4.69) is 191 Å². The highest BCUT2D eigenvalue weighted by molar-refractivity contribution is 6.15. The topological polar surface area (TPSA) is 16.4 Å². The summed E-state index contributed by atoms with van der Waals surface area (Å²) in [6.07, 6.45) is 0. The Kier molecular flexibility index (Phi) is 6.82. The predicted octanol–water partition coefficient (Wildman–Crippen LogP) is 14.6. The van der Waals surface area contributed by atoms with Crippen molar-refractivity contribution in [1.29, 1.82) is 0 Å². The van der Waals surface area contributed by atoms with Gasteiger partial charge in [0.15, 0.2) is 0 Å². The smallest absolute Gasteiger partial charge is 0.143 e. The molecule has 2 heteroatoms. The second-order valence-electron chi connectivity index (χ2n) is 16.2. The fourth-order valence-electron chi connectivity index (χ4n) is 8.95. The Morgan fingerprint density at radius 1 is 0.509 bits per heavy atom. The minimum absolute atomic E-state index is 0.0417. The molecular weight excluding hydrogens is 643 g/mol. The molecule has 1 aliphatic rings. The molecule has 256 valence electrons. The molecule has 1 aromatic heterocycles. The van der Waals surface area contributed by atoms with Crippen molar-refractivity contribution in [2.24, 2.45) is 0 Å². The summed E-state index contributed by atoms with van der Waals surface area (Å²) in [6, 6.07) is 58.0. The fraction of sp³-hybridized carbons (Fsp3) is 0.137. The number of hydrogen-bond acceptors (Lipinski definition) is 2. The Hall–Kier alpha value is -6.12. The Labute approximate surface area is 310 Å². The molecule has 1 heterocycles. The van der Waals surface area contributed by atoms with E-state index in [1.165, 1.54) is 49.4 Å². The number of hydrogen-bond donors (Lipinski definition) is 0. The van der Waals surface area contributed by atoms with Crippen LogP contribution in [0.25, 0.3) is 65.7 Å². The van der Waals surface area contributed by atoms with Crippen LogP contribution >= 0.6 is 0 Å². The summed E-state index contributed by atoms with van der Waals surface area (Å²) in [5.41, 5.74) is 14.0. The zero-order valence-corrected chi connectivity index (χ0v) is 30.9. The van der Waals surface area contributed by atoms with E-state index in [1.807, 2.05) is 6.07 Å². The predicted molar refractivity (Wildman–Crippen MR) is 225 cm³/mol. The Morgan fingerprint density at radius 3 is 1.92 bits per heavy atom. The molecule has 0 radical (unpaired) electrons. The normalized spacial score (nSPS) is 13.5. The van der Waals surface area contributed by atoms with Crippen molar-refractivity contribution in [3.63, 3.8) is 0 Å². The van der Waals surface area contributed by atoms with Crippen LogP contribution < -0.4 is 4.90 Å². The van der Waals surface area contributed by atoms with Gasteiger partial charge in [-0.3, -0.25) is 0 Å². The van der Waals surface area contributed by atoms with Crippen molar-refractivity contribution in [3.05, 3.63) is 174 Å². The molecule has 2 nitrogen and oxygen atoms in total. The third-order valence-corrected chi connectivity index (χ3v) is 11.6. The number of para-hydroxylation sites is 2. The lowest BCUT2D eigenvalue weighted by Gasteiger charge is -2.30. The molecule has 0 amide bonds. The second kappa shape index (κ2) is 11.4. The first-order valence-corrected chi connectivity index (χ1v) is 18.7. The zero-order chi connectivity index (χ0) is 36.1. The molecule has 10 rings (SSSR count). The molecule has 1 aliphatic carbocycles. The lowest BCUT2D eigenvalue weighted by molar-refractivity contribution is 0.590. The summed E-state index contributed by atoms with van der Waals surface area (Å²) in [7, 11) is 0. The van der Waals surface area contributed by atoms with Gasteiger partial charge in [-0.2, -0.15) is 0 Å². The Bertz CT molecular complexity index is 2900. The van der Waals surface area contributed by atoms with Gasteiger partial charge in [-0.1, -0.05) is 156 Å². The summed E-state index contributed by atoms with van der Waals surface area (Å²) < 4.78 is 6.73. The van der Waals surface area contributed by atoms with Crippen LogP contribution in [0.4, 0.5) is 17.1 Å². The summed E-state index contributed by atoms with van der Waals surface area (Å²) in [4.78, 5) is 2.46. The first-order chi connectivity index (χ1) is 25.7. The van der Waals surface area contributed by atoms with Gasteiger partial charge in [0.2, 0.25) is 0 Å². The Balaban J connectivity index is 1.27. The summed E-state index contributed by atoms with van der Waals surface area (Å²) in [5, 5.41) is 7.26. The third kappa shape index (κ3) is 4.78. The highest BCUT2D eigenvalue weighted by Crippen LogP contribution is 2.54. The molecular formula is C51H41NO. The number of nitrogens with zero attached hydrogens (tertiary/aromatic N) is 1. The van der Waals surface area contributed by atoms with Crippen molar-refractivity contribution in [2.75, 3.05) is 4.90 Å². The molecule has 0 aliphatic heterocycles. The van der Waals surface area contributed by atoms with E-state index in [1.54, 1.807) is 0 Å². The monoisotopic (exact) mass is 683 g/mol. The molecule has 8 aromatic carbocycles. The Morgan fingerprint density at radius 2 is 1.15 bits per heavy atom. The minimum atomic E-state index is -0.131. The van der Waals surface area contributed by atoms with Gasteiger partial charge < -0.3 is 9.32 Å². The molecule has 0 saturated heterocycles. The molecule has 9 aromatic rings. The van der Waals surface area contributed by atoms with E-state index >= 15 is 0 Å². The van der Waals surface area contributed by atoms with Gasteiger partial charge in [-0.25, -0.2) is 0 Å². The van der Waals surface area contributed by atoms with Gasteiger partial charge in [-0.05, 0) is 91.2 Å². The number of benzene rings is 8. The van der Waals surface area contributed by atoms with Crippen molar-refractivity contribution in [2.45, 2.75) is 45.4 Å². The molecule has 0 spiro atoms. The van der Waals surface area contributed by atoms with Gasteiger partial charge in [0.1, 0.15) is 11.2 Å². The van der Waals surface area contributed by atoms with E-state index < -0.39 is 0 Å². The van der Waals surface area contributed by atoms with Crippen LogP contribution in [0, 0.1) is 0 Å². The first kappa shape index (κ1) is 31.6. The summed E-state index contributed by atoms with van der Waals surface area (Å²) in [5.74, 6) is 0. The van der Waals surface area contributed by atoms with Crippen LogP contribution in [-0.2, 0) is 10.8 Å². The largest absolute Gasteiger partial charge is 0.455 e. The van der Waals surface area contributed by atoms with E-state index in [0.29, 0.717) is 0 Å². The quantitative estimate of drug-likeness (QED) is 0.184. The lowest BCUT2D eigenvalue weighted by atomic mass is 9.80. The number of rotatable bonds is 4. The minimum Gasteiger partial charge on any atom is -0.455 e. The number of anilines is 3. The van der Waals surface area contributed by atoms with Crippen LogP contribution in [-0.4, -0.2) is 0 Å². The highest BCUT2D eigenvalue weighted by Gasteiger charge is 2.37. The molecule has 0 saturated carbocycles. The maximum Gasteiger partial charge on any atom is 0.143 e. The standard InChI is InChI=1S/C51H41NO/c1-50(2,3)34-23-25-35(26-24-34)52(36-27-29-44-43(31-36)40-28-21-33-14-7-9-16-38(33)48(40)51(44,4)5)45-30-22-32-13-6-8-15-37(32)47(45)42-19-12-18-41-39-17-10-11-20-46(39)53-49(41)42/h6-31H,1-5H3. The number of fused-ring (bicyclic) bond motifs is 9. The van der Waals surface area contributed by atoms with Crippen LogP contribution in [0.2, 0.25) is 0 Å². The van der Waals surface area contributed by atoms with Crippen molar-refractivity contribution in [3.8, 4) is 22.3 Å². The van der Waals surface area contributed by atoms with Crippen molar-refractivity contribution >= 4 is 60.5 Å². The third-order valence-electron chi connectivity index (χ3n) is 11.6. The van der Waals surface area contributed by atoms with E-state index in [9.17, 15) is 0 Å². The number of furan rings is 1. The average molecular weight is 684 g/mol. The second-order valence-corrected chi connectivity index (χ2v) is 16.2. The van der Waals surface area contributed by atoms with Gasteiger partial charge >= 0.3 is 0 Å². The van der Waals surface area contributed by atoms with Crippen molar-refractivity contribution in [1.82, 2.24) is 0 Å². The summed E-state index contributed by atoms with van der Waals surface area (Å²) in [6.45, 7) is 11.6. The van der Waals surface area contributed by atoms with Crippen LogP contribution in [0.5, 0.6) is 0 Å². The zero-order valence-electron chi connectivity index (χ0n) is 30.9. The fourth-order valence-corrected chi connectivity index (χ4v) is 8.95. The SMILES string of the molecule is CC(C)(C)c1ccc(N(c2ccc3c(c2)-c2ccc4ccccc4c2C3(C)C)c2ccc3ccccc3c2-c2cccc3c2oc2ccccc23)cc1. The molecule has 0 fully saturated rings. The summed E-state index contributed by atoms with van der Waals surface area (Å²) >= 11 is 0. The van der Waals surface area contributed by atoms with E-state index in [4.69, 9.17) is 4.42 Å². The molecule has 0 N–H and O–H groups in total. The molecule has 0 unspecified atom stereocenters. The molecule has 53 heavy (non-hydrogen) atoms.